The first-order valence-corrected chi connectivity index (χ1v) is 6.02. The van der Waals surface area contributed by atoms with Gasteiger partial charge in [-0.25, -0.2) is 0 Å². The molecule has 0 bridgehead atoms. The molecule has 0 aliphatic heterocycles. The topological polar surface area (TPSA) is 26.0 Å². The van der Waals surface area contributed by atoms with Gasteiger partial charge in [0.1, 0.15) is 0 Å². The third-order valence-corrected chi connectivity index (χ3v) is 3.73. The van der Waals surface area contributed by atoms with Crippen molar-refractivity contribution in [2.75, 3.05) is 0 Å². The molecule has 1 unspecified atom stereocenters. The molecule has 0 heterocycles. The molecule has 15 heavy (non-hydrogen) atoms. The molecule has 0 saturated heterocycles. The molecule has 0 spiro atoms. The summed E-state index contributed by atoms with van der Waals surface area (Å²) in [6.45, 7) is 2.09. The zero-order valence-corrected chi connectivity index (χ0v) is 9.93. The van der Waals surface area contributed by atoms with Crippen LogP contribution in [-0.4, -0.2) is 6.04 Å². The van der Waals surface area contributed by atoms with Crippen LogP contribution in [0.2, 0.25) is 5.02 Å². The minimum atomic E-state index is 0.279. The van der Waals surface area contributed by atoms with Crippen LogP contribution < -0.4 is 5.73 Å². The molecule has 1 atom stereocenters. The fourth-order valence-corrected chi connectivity index (χ4v) is 2.76. The fraction of sp³-hybridized carbons (Fsp3) is 0.538. The highest BCUT2D eigenvalue weighted by Crippen LogP contribution is 2.47. The highest BCUT2D eigenvalue weighted by molar-refractivity contribution is 6.30. The Bertz CT molecular complexity index is 325. The smallest absolute Gasteiger partial charge is 0.0406 e. The van der Waals surface area contributed by atoms with Gasteiger partial charge in [-0.05, 0) is 49.3 Å². The van der Waals surface area contributed by atoms with Gasteiger partial charge in [-0.3, -0.25) is 0 Å². The van der Waals surface area contributed by atoms with Crippen molar-refractivity contribution in [2.24, 2.45) is 5.73 Å². The van der Waals surface area contributed by atoms with Gasteiger partial charge in [0.15, 0.2) is 0 Å². The van der Waals surface area contributed by atoms with Gasteiger partial charge in [-0.15, -0.1) is 0 Å². The molecule has 1 aromatic carbocycles. The fourth-order valence-electron chi connectivity index (χ4n) is 2.63. The van der Waals surface area contributed by atoms with Gasteiger partial charge < -0.3 is 5.73 Å². The summed E-state index contributed by atoms with van der Waals surface area (Å²) in [5.74, 6) is 0. The van der Waals surface area contributed by atoms with E-state index in [2.05, 4.69) is 19.1 Å². The molecule has 1 saturated carbocycles. The first-order chi connectivity index (χ1) is 7.12. The number of halogens is 1. The third-order valence-electron chi connectivity index (χ3n) is 3.48. The normalized spacial score (nSPS) is 20.7. The molecule has 82 valence electrons. The van der Waals surface area contributed by atoms with Gasteiger partial charge in [0.25, 0.3) is 0 Å². The van der Waals surface area contributed by atoms with Crippen LogP contribution in [0.25, 0.3) is 0 Å². The zero-order valence-electron chi connectivity index (χ0n) is 9.17. The molecular weight excluding hydrogens is 206 g/mol. The predicted octanol–water partition coefficient (Wildman–Crippen LogP) is 3.50. The summed E-state index contributed by atoms with van der Waals surface area (Å²) in [7, 11) is 0. The molecule has 2 rings (SSSR count). The van der Waals surface area contributed by atoms with E-state index in [-0.39, 0.29) is 6.04 Å². The van der Waals surface area contributed by atoms with E-state index in [0.717, 1.165) is 11.4 Å². The van der Waals surface area contributed by atoms with Crippen molar-refractivity contribution in [3.8, 4) is 0 Å². The first-order valence-electron chi connectivity index (χ1n) is 5.64. The maximum absolute atomic E-state index is 5.93. The van der Waals surface area contributed by atoms with Gasteiger partial charge in [0.2, 0.25) is 0 Å². The maximum atomic E-state index is 5.93. The molecule has 2 heteroatoms. The van der Waals surface area contributed by atoms with Crippen LogP contribution in [0.15, 0.2) is 24.3 Å². The molecule has 0 aromatic heterocycles. The van der Waals surface area contributed by atoms with Crippen molar-refractivity contribution in [3.05, 3.63) is 34.9 Å². The average Bonchev–Trinajstić information content (AvgIpc) is 2.13. The second kappa shape index (κ2) is 4.15. The molecule has 1 aromatic rings. The van der Waals surface area contributed by atoms with E-state index in [1.54, 1.807) is 0 Å². The summed E-state index contributed by atoms with van der Waals surface area (Å²) >= 11 is 5.90. The van der Waals surface area contributed by atoms with Gasteiger partial charge >= 0.3 is 0 Å². The number of nitrogens with two attached hydrogens (primary N) is 1. The van der Waals surface area contributed by atoms with E-state index in [1.165, 1.54) is 24.8 Å². The first kappa shape index (κ1) is 11.0. The molecule has 0 radical (unpaired) electrons. The van der Waals surface area contributed by atoms with E-state index in [0.29, 0.717) is 5.41 Å². The Morgan fingerprint density at radius 3 is 2.33 bits per heavy atom. The van der Waals surface area contributed by atoms with E-state index < -0.39 is 0 Å². The van der Waals surface area contributed by atoms with Gasteiger partial charge in [-0.1, -0.05) is 30.2 Å². The highest BCUT2D eigenvalue weighted by atomic mass is 35.5. The Morgan fingerprint density at radius 2 is 1.93 bits per heavy atom. The summed E-state index contributed by atoms with van der Waals surface area (Å²) in [6.07, 6.45) is 4.97. The Kier molecular flexibility index (Phi) is 3.03. The predicted molar refractivity (Wildman–Crippen MR) is 65.2 cm³/mol. The van der Waals surface area contributed by atoms with E-state index >= 15 is 0 Å². The van der Waals surface area contributed by atoms with E-state index in [9.17, 15) is 0 Å². The zero-order chi connectivity index (χ0) is 10.9. The van der Waals surface area contributed by atoms with Crippen LogP contribution in [0, 0.1) is 0 Å². The van der Waals surface area contributed by atoms with Crippen LogP contribution in [0.5, 0.6) is 0 Å². The van der Waals surface area contributed by atoms with Crippen LogP contribution in [0.3, 0.4) is 0 Å². The lowest BCUT2D eigenvalue weighted by atomic mass is 9.61. The molecule has 1 fully saturated rings. The largest absolute Gasteiger partial charge is 0.328 e. The van der Waals surface area contributed by atoms with Crippen LogP contribution in [0.1, 0.15) is 38.2 Å². The summed E-state index contributed by atoms with van der Waals surface area (Å²) < 4.78 is 0. The summed E-state index contributed by atoms with van der Waals surface area (Å²) in [6, 6.07) is 8.56. The Hall–Kier alpha value is -0.530. The number of benzene rings is 1. The number of hydrogen-bond acceptors (Lipinski definition) is 1. The maximum Gasteiger partial charge on any atom is 0.0406 e. The van der Waals surface area contributed by atoms with Gasteiger partial charge in [-0.2, -0.15) is 0 Å². The van der Waals surface area contributed by atoms with Crippen LogP contribution in [-0.2, 0) is 5.41 Å². The SMILES string of the molecule is CC(N)CC1(c2ccc(Cl)cc2)CCC1. The molecule has 2 N–H and O–H groups in total. The van der Waals surface area contributed by atoms with Crippen molar-refractivity contribution < 1.29 is 0 Å². The molecule has 1 aliphatic carbocycles. The summed E-state index contributed by atoms with van der Waals surface area (Å²) in [5.41, 5.74) is 7.69. The van der Waals surface area contributed by atoms with Crippen molar-refractivity contribution in [1.82, 2.24) is 0 Å². The quantitative estimate of drug-likeness (QED) is 0.834. The monoisotopic (exact) mass is 223 g/mol. The number of hydrogen-bond donors (Lipinski definition) is 1. The van der Waals surface area contributed by atoms with Crippen LogP contribution in [0.4, 0.5) is 0 Å². The average molecular weight is 224 g/mol. The minimum absolute atomic E-state index is 0.279. The Balaban J connectivity index is 2.22. The van der Waals surface area contributed by atoms with Crippen molar-refractivity contribution >= 4 is 11.6 Å². The molecule has 1 nitrogen and oxygen atoms in total. The van der Waals surface area contributed by atoms with Gasteiger partial charge in [0, 0.05) is 11.1 Å². The van der Waals surface area contributed by atoms with Crippen LogP contribution >= 0.6 is 11.6 Å². The third kappa shape index (κ3) is 2.19. The Labute approximate surface area is 96.6 Å². The van der Waals surface area contributed by atoms with E-state index in [4.69, 9.17) is 17.3 Å². The lowest BCUT2D eigenvalue weighted by Crippen LogP contribution is -2.39. The summed E-state index contributed by atoms with van der Waals surface area (Å²) in [4.78, 5) is 0. The molecular formula is C13H18ClN. The lowest BCUT2D eigenvalue weighted by Gasteiger charge is -2.44. The summed E-state index contributed by atoms with van der Waals surface area (Å²) in [5, 5.41) is 0.814. The van der Waals surface area contributed by atoms with Gasteiger partial charge in [0.05, 0.1) is 0 Å². The molecule has 0 amide bonds. The Morgan fingerprint density at radius 1 is 1.33 bits per heavy atom. The highest BCUT2D eigenvalue weighted by Gasteiger charge is 2.38. The number of rotatable bonds is 3. The second-order valence-corrected chi connectivity index (χ2v) is 5.26. The standard InChI is InChI=1S/C13H18ClN/c1-10(15)9-13(7-2-8-13)11-3-5-12(14)6-4-11/h3-6,10H,2,7-9,15H2,1H3. The lowest BCUT2D eigenvalue weighted by molar-refractivity contribution is 0.213. The minimum Gasteiger partial charge on any atom is -0.328 e. The second-order valence-electron chi connectivity index (χ2n) is 4.82. The van der Waals surface area contributed by atoms with Crippen molar-refractivity contribution in [2.45, 2.75) is 44.1 Å². The molecule has 1 aliphatic rings. The van der Waals surface area contributed by atoms with Crippen molar-refractivity contribution in [1.29, 1.82) is 0 Å². The van der Waals surface area contributed by atoms with E-state index in [1.807, 2.05) is 12.1 Å². The van der Waals surface area contributed by atoms with Crippen molar-refractivity contribution in [3.63, 3.8) is 0 Å².